The number of pyridine rings is 1. The number of nitrogens with zero attached hydrogens (tertiary/aromatic N) is 3. The number of hydrogen-bond donors (Lipinski definition) is 1. The van der Waals surface area contributed by atoms with Gasteiger partial charge >= 0.3 is 6.03 Å². The van der Waals surface area contributed by atoms with Gasteiger partial charge in [-0.1, -0.05) is 66.7 Å². The molecule has 7 nitrogen and oxygen atoms in total. The molecule has 0 saturated carbocycles. The van der Waals surface area contributed by atoms with E-state index in [2.05, 4.69) is 27.3 Å². The Kier molecular flexibility index (Phi) is 5.89. The quantitative estimate of drug-likeness (QED) is 0.575. The minimum absolute atomic E-state index is 0.230. The number of aromatic nitrogens is 1. The molecule has 7 heteroatoms. The molecule has 0 bridgehead atoms. The number of methoxy groups -OCH3 is 1. The summed E-state index contributed by atoms with van der Waals surface area (Å²) in [4.78, 5) is 34.7. The maximum Gasteiger partial charge on any atom is 0.326 e. The molecular formula is C27H28N4O3. The number of rotatable bonds is 6. The minimum Gasteiger partial charge on any atom is -0.373 e. The zero-order valence-corrected chi connectivity index (χ0v) is 19.2. The van der Waals surface area contributed by atoms with Crippen LogP contribution in [0.25, 0.3) is 0 Å². The van der Waals surface area contributed by atoms with Crippen molar-refractivity contribution in [3.8, 4) is 0 Å². The second-order valence-corrected chi connectivity index (χ2v) is 8.84. The average Bonchev–Trinajstić information content (AvgIpc) is 3.16. The molecule has 1 N–H and O–H groups in total. The summed E-state index contributed by atoms with van der Waals surface area (Å²) in [6.45, 7) is 1.66. The zero-order chi connectivity index (χ0) is 23.6. The van der Waals surface area contributed by atoms with Gasteiger partial charge in [0.2, 0.25) is 0 Å². The van der Waals surface area contributed by atoms with Crippen molar-refractivity contribution in [2.75, 3.05) is 26.9 Å². The highest BCUT2D eigenvalue weighted by molar-refractivity contribution is 6.09. The van der Waals surface area contributed by atoms with Crippen molar-refractivity contribution in [1.29, 1.82) is 0 Å². The highest BCUT2D eigenvalue weighted by Crippen LogP contribution is 2.38. The van der Waals surface area contributed by atoms with Crippen molar-refractivity contribution < 1.29 is 14.3 Å². The van der Waals surface area contributed by atoms with E-state index in [4.69, 9.17) is 4.74 Å². The summed E-state index contributed by atoms with van der Waals surface area (Å²) >= 11 is 0. The summed E-state index contributed by atoms with van der Waals surface area (Å²) < 4.78 is 5.98. The number of nitrogens with one attached hydrogen (secondary N) is 1. The van der Waals surface area contributed by atoms with E-state index in [1.807, 2.05) is 54.6 Å². The van der Waals surface area contributed by atoms with E-state index in [1.54, 1.807) is 25.6 Å². The maximum atomic E-state index is 13.9. The topological polar surface area (TPSA) is 74.8 Å². The molecule has 5 rings (SSSR count). The van der Waals surface area contributed by atoms with Crippen molar-refractivity contribution >= 4 is 11.9 Å². The summed E-state index contributed by atoms with van der Waals surface area (Å²) in [6, 6.07) is 22.8. The van der Waals surface area contributed by atoms with Crippen LogP contribution in [0.3, 0.4) is 0 Å². The number of amides is 3. The summed E-state index contributed by atoms with van der Waals surface area (Å²) in [5.74, 6) is -0.289. The highest BCUT2D eigenvalue weighted by atomic mass is 16.5. The van der Waals surface area contributed by atoms with E-state index in [0.717, 1.165) is 18.4 Å². The molecule has 0 aliphatic carbocycles. The molecule has 1 atom stereocenters. The van der Waals surface area contributed by atoms with Crippen LogP contribution < -0.4 is 5.32 Å². The van der Waals surface area contributed by atoms with Crippen molar-refractivity contribution in [2.45, 2.75) is 24.0 Å². The first-order valence-electron chi connectivity index (χ1n) is 11.5. The Morgan fingerprint density at radius 3 is 2.09 bits per heavy atom. The summed E-state index contributed by atoms with van der Waals surface area (Å²) in [5.41, 5.74) is 0.876. The number of imide groups is 1. The molecule has 0 radical (unpaired) electrons. The Balaban J connectivity index is 1.38. The Morgan fingerprint density at radius 2 is 1.50 bits per heavy atom. The smallest absolute Gasteiger partial charge is 0.326 e. The van der Waals surface area contributed by atoms with Gasteiger partial charge in [0.15, 0.2) is 5.54 Å². The van der Waals surface area contributed by atoms with E-state index in [9.17, 15) is 9.59 Å². The molecule has 174 valence electrons. The molecule has 3 amide bonds. The number of piperidine rings is 1. The Morgan fingerprint density at radius 1 is 0.882 bits per heavy atom. The van der Waals surface area contributed by atoms with E-state index in [0.29, 0.717) is 24.2 Å². The molecule has 2 aliphatic heterocycles. The predicted molar refractivity (Wildman–Crippen MR) is 128 cm³/mol. The van der Waals surface area contributed by atoms with Crippen molar-refractivity contribution in [2.24, 2.45) is 0 Å². The fourth-order valence-corrected chi connectivity index (χ4v) is 5.14. The van der Waals surface area contributed by atoms with E-state index in [1.165, 1.54) is 4.90 Å². The van der Waals surface area contributed by atoms with Gasteiger partial charge in [-0.15, -0.1) is 0 Å². The molecule has 2 aliphatic rings. The standard InChI is InChI=1S/C27H28N4O3/c1-34-26(21-9-4-2-5-10-21)14-17-30(18-15-26)20-31-24(32)27(29-25(31)33,22-11-6-3-7-12-22)23-13-8-16-28-19-23/h2-13,16,19H,14-15,17-18,20H2,1H3,(H,29,33). The third-order valence-electron chi connectivity index (χ3n) is 7.10. The number of urea groups is 1. The zero-order valence-electron chi connectivity index (χ0n) is 19.2. The Labute approximate surface area is 199 Å². The molecule has 2 aromatic carbocycles. The summed E-state index contributed by atoms with van der Waals surface area (Å²) in [5, 5.41) is 2.99. The molecule has 34 heavy (non-hydrogen) atoms. The first kappa shape index (κ1) is 22.3. The van der Waals surface area contributed by atoms with Crippen LogP contribution in [0.2, 0.25) is 0 Å². The van der Waals surface area contributed by atoms with Crippen molar-refractivity contribution in [3.05, 3.63) is 102 Å². The van der Waals surface area contributed by atoms with Gasteiger partial charge in [0.1, 0.15) is 0 Å². The number of carbonyl (C=O) groups is 2. The maximum absolute atomic E-state index is 13.9. The number of hydrogen-bond acceptors (Lipinski definition) is 5. The Hall–Kier alpha value is -3.55. The molecular weight excluding hydrogens is 428 g/mol. The number of benzene rings is 2. The lowest BCUT2D eigenvalue weighted by Crippen LogP contribution is -2.50. The third-order valence-corrected chi connectivity index (χ3v) is 7.10. The first-order chi connectivity index (χ1) is 16.6. The van der Waals surface area contributed by atoms with Gasteiger partial charge < -0.3 is 10.1 Å². The largest absolute Gasteiger partial charge is 0.373 e. The molecule has 2 saturated heterocycles. The van der Waals surface area contributed by atoms with Gasteiger partial charge in [-0.05, 0) is 30.0 Å². The van der Waals surface area contributed by atoms with Gasteiger partial charge in [-0.3, -0.25) is 14.7 Å². The molecule has 0 spiro atoms. The van der Waals surface area contributed by atoms with Crippen LogP contribution >= 0.6 is 0 Å². The van der Waals surface area contributed by atoms with Gasteiger partial charge in [0, 0.05) is 38.2 Å². The summed E-state index contributed by atoms with van der Waals surface area (Å²) in [7, 11) is 1.75. The third kappa shape index (κ3) is 3.67. The van der Waals surface area contributed by atoms with Crippen LogP contribution in [-0.2, 0) is 20.7 Å². The number of carbonyl (C=O) groups excluding carboxylic acids is 2. The monoisotopic (exact) mass is 456 g/mol. The van der Waals surface area contributed by atoms with Gasteiger partial charge in [-0.25, -0.2) is 9.69 Å². The van der Waals surface area contributed by atoms with Crippen LogP contribution in [0.15, 0.2) is 85.2 Å². The Bertz CT molecular complexity index is 1110. The van der Waals surface area contributed by atoms with Gasteiger partial charge in [0.25, 0.3) is 5.91 Å². The van der Waals surface area contributed by atoms with E-state index in [-0.39, 0.29) is 18.2 Å². The number of ether oxygens (including phenoxy) is 1. The second-order valence-electron chi connectivity index (χ2n) is 8.84. The van der Waals surface area contributed by atoms with Crippen LogP contribution in [0.1, 0.15) is 29.5 Å². The molecule has 1 aromatic heterocycles. The van der Waals surface area contributed by atoms with Gasteiger partial charge in [0.05, 0.1) is 12.3 Å². The lowest BCUT2D eigenvalue weighted by Gasteiger charge is -2.42. The lowest BCUT2D eigenvalue weighted by atomic mass is 9.83. The molecule has 3 aromatic rings. The van der Waals surface area contributed by atoms with Crippen LogP contribution in [-0.4, -0.2) is 53.6 Å². The average molecular weight is 457 g/mol. The first-order valence-corrected chi connectivity index (χ1v) is 11.5. The molecule has 3 heterocycles. The minimum atomic E-state index is -1.29. The molecule has 2 fully saturated rings. The van der Waals surface area contributed by atoms with E-state index >= 15 is 0 Å². The normalized spacial score (nSPS) is 22.6. The number of likely N-dealkylation sites (tertiary alicyclic amines) is 1. The van der Waals surface area contributed by atoms with Crippen LogP contribution in [0, 0.1) is 0 Å². The SMILES string of the molecule is COC1(c2ccccc2)CCN(CN2C(=O)NC(c3ccccc3)(c3cccnc3)C2=O)CC1. The fourth-order valence-electron chi connectivity index (χ4n) is 5.14. The predicted octanol–water partition coefficient (Wildman–Crippen LogP) is 3.47. The van der Waals surface area contributed by atoms with E-state index < -0.39 is 11.6 Å². The lowest BCUT2D eigenvalue weighted by molar-refractivity contribution is -0.132. The van der Waals surface area contributed by atoms with Crippen molar-refractivity contribution in [1.82, 2.24) is 20.1 Å². The fraction of sp³-hybridized carbons (Fsp3) is 0.296. The van der Waals surface area contributed by atoms with Crippen LogP contribution in [0.5, 0.6) is 0 Å². The molecule has 1 unspecified atom stereocenters. The summed E-state index contributed by atoms with van der Waals surface area (Å²) in [6.07, 6.45) is 4.86. The second kappa shape index (κ2) is 9.00. The van der Waals surface area contributed by atoms with Crippen molar-refractivity contribution in [3.63, 3.8) is 0 Å². The van der Waals surface area contributed by atoms with Gasteiger partial charge in [-0.2, -0.15) is 0 Å². The van der Waals surface area contributed by atoms with Crippen LogP contribution in [0.4, 0.5) is 4.79 Å². The highest BCUT2D eigenvalue weighted by Gasteiger charge is 2.54.